The van der Waals surface area contributed by atoms with Crippen molar-refractivity contribution < 1.29 is 48.3 Å². The van der Waals surface area contributed by atoms with E-state index in [0.717, 1.165) is 36.8 Å². The lowest BCUT2D eigenvalue weighted by atomic mass is 9.91. The first-order valence-corrected chi connectivity index (χ1v) is 29.2. The van der Waals surface area contributed by atoms with Crippen LogP contribution < -0.4 is 60.2 Å². The van der Waals surface area contributed by atoms with E-state index >= 15 is 0 Å². The molecule has 2 aromatic carbocycles. The van der Waals surface area contributed by atoms with E-state index in [-0.39, 0.29) is 109 Å². The maximum absolute atomic E-state index is 14.7. The first kappa shape index (κ1) is 66.3. The minimum atomic E-state index is -1.36. The van der Waals surface area contributed by atoms with Gasteiger partial charge in [0.25, 0.3) is 0 Å². The van der Waals surface area contributed by atoms with Gasteiger partial charge in [0, 0.05) is 50.5 Å². The van der Waals surface area contributed by atoms with E-state index in [1.165, 1.54) is 11.3 Å². The number of aromatic nitrogens is 1. The summed E-state index contributed by atoms with van der Waals surface area (Å²) in [4.78, 5) is 133. The molecule has 2 heterocycles. The van der Waals surface area contributed by atoms with Crippen LogP contribution in [-0.2, 0) is 56.0 Å². The molecule has 442 valence electrons. The summed E-state index contributed by atoms with van der Waals surface area (Å²) in [5.74, 6) is -8.39. The van der Waals surface area contributed by atoms with Crippen molar-refractivity contribution in [2.24, 2.45) is 40.7 Å². The molecule has 0 spiro atoms. The van der Waals surface area contributed by atoms with Gasteiger partial charge in [-0.3, -0.25) is 43.2 Å². The predicted molar refractivity (Wildman–Crippen MR) is 307 cm³/mol. The number of Topliss-reactive ketones (excluding diaryl/α,β-unsaturated/α-hetero) is 2. The Morgan fingerprint density at radius 3 is 1.86 bits per heavy atom. The highest BCUT2D eigenvalue weighted by Gasteiger charge is 2.36. The molecule has 0 aliphatic carbocycles. The van der Waals surface area contributed by atoms with E-state index in [0.29, 0.717) is 22.5 Å². The number of hydrogen-bond donors (Lipinski definition) is 12. The number of nitrogens with zero attached hydrogens (tertiary/aromatic N) is 1. The van der Waals surface area contributed by atoms with Crippen LogP contribution in [0.3, 0.4) is 0 Å². The molecule has 3 aromatic rings. The Labute approximate surface area is 474 Å². The summed E-state index contributed by atoms with van der Waals surface area (Å²) < 4.78 is 0.828. The van der Waals surface area contributed by atoms with Crippen LogP contribution in [0.5, 0.6) is 0 Å². The van der Waals surface area contributed by atoms with Gasteiger partial charge in [-0.05, 0) is 94.7 Å². The summed E-state index contributed by atoms with van der Waals surface area (Å²) in [6, 6.07) is 8.36. The second-order valence-corrected chi connectivity index (χ2v) is 22.3. The van der Waals surface area contributed by atoms with E-state index in [4.69, 9.17) is 22.9 Å². The van der Waals surface area contributed by atoms with Gasteiger partial charge in [-0.15, -0.1) is 11.3 Å². The van der Waals surface area contributed by atoms with Crippen molar-refractivity contribution in [3.05, 3.63) is 65.2 Å². The molecule has 1 aliphatic heterocycles. The van der Waals surface area contributed by atoms with Gasteiger partial charge in [0.05, 0.1) is 27.4 Å². The van der Waals surface area contributed by atoms with Crippen molar-refractivity contribution in [1.82, 2.24) is 42.2 Å². The van der Waals surface area contributed by atoms with E-state index in [9.17, 15) is 48.3 Å². The fraction of sp³-hybridized carbons (Fsp3) is 0.614. The Balaban J connectivity index is 1.77. The lowest BCUT2D eigenvalue weighted by Crippen LogP contribution is -2.60. The number of amides is 7. The lowest BCUT2D eigenvalue weighted by Gasteiger charge is -2.28. The zero-order valence-electron chi connectivity index (χ0n) is 46.8. The largest absolute Gasteiger partial charge is 0.393 e. The molecule has 0 radical (unpaired) electrons. The van der Waals surface area contributed by atoms with Crippen LogP contribution >= 0.6 is 11.3 Å². The zero-order valence-corrected chi connectivity index (χ0v) is 47.6. The molecular formula is C57H88N12O10S. The summed E-state index contributed by atoms with van der Waals surface area (Å²) in [6.07, 6.45) is 3.13. The first-order valence-electron chi connectivity index (χ1n) is 28.4. The summed E-state index contributed by atoms with van der Waals surface area (Å²) in [5.41, 5.74) is 25.3. The van der Waals surface area contributed by atoms with Crippen molar-refractivity contribution in [2.75, 3.05) is 32.7 Å². The summed E-state index contributed by atoms with van der Waals surface area (Å²) in [5, 5.41) is 30.5. The van der Waals surface area contributed by atoms with Gasteiger partial charge in [0.1, 0.15) is 36.0 Å². The van der Waals surface area contributed by atoms with Crippen molar-refractivity contribution in [3.63, 3.8) is 0 Å². The molecule has 1 saturated heterocycles. The highest BCUT2D eigenvalue weighted by atomic mass is 32.1. The van der Waals surface area contributed by atoms with Crippen molar-refractivity contribution in [3.8, 4) is 0 Å². The molecule has 22 nitrogen and oxygen atoms in total. The molecule has 80 heavy (non-hydrogen) atoms. The lowest BCUT2D eigenvalue weighted by molar-refractivity contribution is -0.136. The van der Waals surface area contributed by atoms with Gasteiger partial charge in [0.2, 0.25) is 41.4 Å². The normalized spacial score (nSPS) is 22.3. The molecule has 1 fully saturated rings. The number of nitrogens with one attached hydrogen (secondary N) is 7. The topological polar surface area (TPSA) is 375 Å². The first-order chi connectivity index (χ1) is 38.4. The van der Waals surface area contributed by atoms with E-state index < -0.39 is 108 Å². The van der Waals surface area contributed by atoms with E-state index in [2.05, 4.69) is 49.1 Å². The average molecular weight is 1130 g/mol. The van der Waals surface area contributed by atoms with E-state index in [1.54, 1.807) is 36.4 Å². The number of benzene rings is 2. The monoisotopic (exact) mass is 1130 g/mol. The van der Waals surface area contributed by atoms with Gasteiger partial charge in [0.15, 0.2) is 5.78 Å². The van der Waals surface area contributed by atoms with Gasteiger partial charge >= 0.3 is 0 Å². The van der Waals surface area contributed by atoms with E-state index in [1.807, 2.05) is 32.0 Å². The van der Waals surface area contributed by atoms with Crippen LogP contribution in [-0.4, -0.2) is 138 Å². The van der Waals surface area contributed by atoms with Gasteiger partial charge < -0.3 is 65.3 Å². The second kappa shape index (κ2) is 35.5. The third-order valence-corrected chi connectivity index (χ3v) is 15.1. The third-order valence-electron chi connectivity index (χ3n) is 14.0. The molecule has 16 N–H and O–H groups in total. The number of unbranched alkanes of at least 4 members (excludes halogenated alkanes) is 4. The molecule has 1 aliphatic rings. The molecular weight excluding hydrogens is 1040 g/mol. The zero-order chi connectivity index (χ0) is 58.6. The molecule has 7 amide bonds. The number of aliphatic hydroxyl groups is 1. The summed E-state index contributed by atoms with van der Waals surface area (Å²) >= 11 is 1.31. The van der Waals surface area contributed by atoms with Crippen LogP contribution in [0.4, 0.5) is 0 Å². The number of thiazole rings is 1. The Morgan fingerprint density at radius 2 is 1.24 bits per heavy atom. The number of carbonyl (C=O) groups excluding carboxylic acids is 9. The van der Waals surface area contributed by atoms with Crippen molar-refractivity contribution in [1.29, 1.82) is 0 Å². The minimum absolute atomic E-state index is 0.0191. The molecule has 0 saturated carbocycles. The average Bonchev–Trinajstić information content (AvgIpc) is 3.85. The number of nitrogens with two attached hydrogens (primary N) is 4. The number of ketones is 2. The summed E-state index contributed by atoms with van der Waals surface area (Å²) in [7, 11) is 0. The molecule has 0 bridgehead atoms. The standard InChI is InChI=1S/C57H88N12O10S/c1-4-5-6-7-11-16-39(70)33-40(71)31-37(19-24-58)51(73)64-41-23-28-62-53(75)47(34-50-63-42-17-12-13-18-49(42)80-50)69-55(77)44(22-27-61)65-54(76)43(21-26-60)66-56(78)45(29-35(2)3)68-57(79)46(30-36-14-9-8-10-15-36)67-52(74)38(20-25-59)32-48(41)72/h8-10,12-15,17-18,35,37-39,41,43-47,70H,4-7,11,16,19-34,58-61H2,1-3H3,(H,62,75)(H,64,73)(H,65,76)(H,66,78)(H,67,74)(H,68,79)(H,69,77)/t37-,38+,39+,41-,43-,44-,45-,46+,47-/m0/s1. The molecule has 23 heteroatoms. The maximum Gasteiger partial charge on any atom is 0.243 e. The highest BCUT2D eigenvalue weighted by Crippen LogP contribution is 2.23. The smallest absolute Gasteiger partial charge is 0.243 e. The van der Waals surface area contributed by atoms with Crippen LogP contribution in [0.25, 0.3) is 10.2 Å². The number of fused-ring (bicyclic) bond motifs is 1. The fourth-order valence-electron chi connectivity index (χ4n) is 9.61. The Bertz CT molecular complexity index is 2450. The van der Waals surface area contributed by atoms with Gasteiger partial charge in [-0.2, -0.15) is 0 Å². The van der Waals surface area contributed by atoms with Crippen LogP contribution in [0.1, 0.15) is 128 Å². The van der Waals surface area contributed by atoms with Gasteiger partial charge in [-0.1, -0.05) is 95.3 Å². The summed E-state index contributed by atoms with van der Waals surface area (Å²) in [6.45, 7) is 5.36. The van der Waals surface area contributed by atoms with Gasteiger partial charge in [-0.25, -0.2) is 4.98 Å². The Morgan fingerprint density at radius 1 is 0.662 bits per heavy atom. The number of rotatable bonds is 26. The quantitative estimate of drug-likeness (QED) is 0.0503. The molecule has 1 aromatic heterocycles. The maximum atomic E-state index is 14.7. The third kappa shape index (κ3) is 22.7. The molecule has 0 unspecified atom stereocenters. The number of para-hydroxylation sites is 1. The minimum Gasteiger partial charge on any atom is -0.393 e. The fourth-order valence-corrected chi connectivity index (χ4v) is 10.6. The number of aliphatic hydroxyl groups excluding tert-OH is 1. The highest BCUT2D eigenvalue weighted by molar-refractivity contribution is 7.18. The second-order valence-electron chi connectivity index (χ2n) is 21.2. The number of hydrogen-bond acceptors (Lipinski definition) is 16. The van der Waals surface area contributed by atoms with Crippen LogP contribution in [0.2, 0.25) is 0 Å². The Hall–Kier alpha value is -6.24. The van der Waals surface area contributed by atoms with Crippen LogP contribution in [0.15, 0.2) is 54.6 Å². The van der Waals surface area contributed by atoms with Crippen molar-refractivity contribution >= 4 is 74.5 Å². The predicted octanol–water partition coefficient (Wildman–Crippen LogP) is 1.21. The number of carbonyl (C=O) groups is 9. The molecule has 4 rings (SSSR count). The molecule has 9 atom stereocenters. The van der Waals surface area contributed by atoms with Crippen molar-refractivity contribution in [2.45, 2.75) is 172 Å². The SMILES string of the molecule is CCCCCCC[C@@H](O)CC(=O)C[C@H](CCN)C(=O)N[C@H]1CCNC(=O)[C@H](Cc2nc3ccccc3s2)NC(=O)[C@H](CCN)NC(=O)[C@H](CCN)NC(=O)[C@H](CC(C)C)NC(=O)[C@@H](Cc2ccccc2)NC(=O)[C@H](CCN)CC1=O. The van der Waals surface area contributed by atoms with Crippen LogP contribution in [0, 0.1) is 17.8 Å². The Kier molecular flexibility index (Phi) is 29.4.